The molecule has 6 heteroatoms. The topological polar surface area (TPSA) is 85.2 Å². The van der Waals surface area contributed by atoms with E-state index in [4.69, 9.17) is 14.2 Å². The van der Waals surface area contributed by atoms with Crippen LogP contribution in [0.25, 0.3) is 10.8 Å². The molecule has 1 aliphatic heterocycles. The highest BCUT2D eigenvalue weighted by molar-refractivity contribution is 5.96. The number of ketones is 1. The lowest BCUT2D eigenvalue weighted by atomic mass is 9.65. The molecule has 5 atom stereocenters. The monoisotopic (exact) mass is 368 g/mol. The summed E-state index contributed by atoms with van der Waals surface area (Å²) in [5.41, 5.74) is 0. The maximum Gasteiger partial charge on any atom is 0.277 e. The highest BCUT2D eigenvalue weighted by Gasteiger charge is 2.61. The SMILES string of the molecule is CO[C@H]1C[C@H](O)[C@H](O)[C@@H]2[C@H]1C(=O)C=CC21Oc2cccc3cccc(c23)O1. The van der Waals surface area contributed by atoms with Gasteiger partial charge in [0.05, 0.1) is 35.5 Å². The van der Waals surface area contributed by atoms with Crippen molar-refractivity contribution >= 4 is 16.6 Å². The molecule has 1 fully saturated rings. The van der Waals surface area contributed by atoms with Gasteiger partial charge >= 0.3 is 0 Å². The van der Waals surface area contributed by atoms with Crippen molar-refractivity contribution in [3.63, 3.8) is 0 Å². The zero-order chi connectivity index (χ0) is 18.8. The highest BCUT2D eigenvalue weighted by Crippen LogP contribution is 2.50. The second kappa shape index (κ2) is 5.79. The summed E-state index contributed by atoms with van der Waals surface area (Å²) in [6, 6.07) is 11.4. The average Bonchev–Trinajstić information content (AvgIpc) is 2.67. The molecule has 27 heavy (non-hydrogen) atoms. The van der Waals surface area contributed by atoms with Crippen LogP contribution in [0.4, 0.5) is 0 Å². The molecule has 1 spiro atoms. The van der Waals surface area contributed by atoms with Crippen LogP contribution in [0.1, 0.15) is 6.42 Å². The van der Waals surface area contributed by atoms with Gasteiger partial charge in [0.1, 0.15) is 11.5 Å². The summed E-state index contributed by atoms with van der Waals surface area (Å²) < 4.78 is 18.0. The first-order valence-corrected chi connectivity index (χ1v) is 9.06. The minimum absolute atomic E-state index is 0.160. The molecule has 6 nitrogen and oxygen atoms in total. The van der Waals surface area contributed by atoms with Crippen molar-refractivity contribution in [3.8, 4) is 11.5 Å². The van der Waals surface area contributed by atoms with Crippen LogP contribution in [0.5, 0.6) is 11.5 Å². The molecule has 1 heterocycles. The third-order valence-electron chi connectivity index (χ3n) is 5.97. The smallest absolute Gasteiger partial charge is 0.277 e. The Morgan fingerprint density at radius 1 is 1.11 bits per heavy atom. The lowest BCUT2D eigenvalue weighted by Crippen LogP contribution is -2.66. The zero-order valence-electron chi connectivity index (χ0n) is 14.7. The van der Waals surface area contributed by atoms with E-state index in [2.05, 4.69) is 0 Å². The first-order chi connectivity index (χ1) is 13.0. The second-order valence-electron chi connectivity index (χ2n) is 7.39. The Hall–Kier alpha value is -2.41. The van der Waals surface area contributed by atoms with Crippen LogP contribution < -0.4 is 9.47 Å². The first-order valence-electron chi connectivity index (χ1n) is 9.06. The van der Waals surface area contributed by atoms with Crippen LogP contribution in [0.15, 0.2) is 48.6 Å². The third kappa shape index (κ3) is 2.27. The van der Waals surface area contributed by atoms with Crippen LogP contribution in [-0.4, -0.2) is 47.2 Å². The summed E-state index contributed by atoms with van der Waals surface area (Å²) in [7, 11) is 1.50. The van der Waals surface area contributed by atoms with Gasteiger partial charge in [0.15, 0.2) is 5.78 Å². The van der Waals surface area contributed by atoms with Crippen molar-refractivity contribution in [2.75, 3.05) is 7.11 Å². The number of carbonyl (C=O) groups is 1. The molecule has 0 aromatic heterocycles. The van der Waals surface area contributed by atoms with Crippen LogP contribution >= 0.6 is 0 Å². The van der Waals surface area contributed by atoms with Crippen molar-refractivity contribution in [2.45, 2.75) is 30.5 Å². The van der Waals surface area contributed by atoms with Crippen molar-refractivity contribution in [2.24, 2.45) is 11.8 Å². The molecule has 140 valence electrons. The Morgan fingerprint density at radius 2 is 1.78 bits per heavy atom. The minimum atomic E-state index is -1.39. The first kappa shape index (κ1) is 16.7. The van der Waals surface area contributed by atoms with E-state index in [0.717, 1.165) is 10.8 Å². The summed E-state index contributed by atoms with van der Waals surface area (Å²) in [5, 5.41) is 23.0. The molecular formula is C21H20O6. The summed E-state index contributed by atoms with van der Waals surface area (Å²) >= 11 is 0. The van der Waals surface area contributed by atoms with Crippen molar-refractivity contribution < 1.29 is 29.2 Å². The Balaban J connectivity index is 1.68. The van der Waals surface area contributed by atoms with Crippen LogP contribution in [0.2, 0.25) is 0 Å². The lowest BCUT2D eigenvalue weighted by molar-refractivity contribution is -0.223. The number of ether oxygens (including phenoxy) is 3. The van der Waals surface area contributed by atoms with Gasteiger partial charge in [-0.1, -0.05) is 24.3 Å². The maximum atomic E-state index is 12.6. The van der Waals surface area contributed by atoms with Crippen molar-refractivity contribution in [3.05, 3.63) is 48.6 Å². The van der Waals surface area contributed by atoms with E-state index in [1.165, 1.54) is 13.2 Å². The van der Waals surface area contributed by atoms with Crippen molar-refractivity contribution in [1.82, 2.24) is 0 Å². The second-order valence-corrected chi connectivity index (χ2v) is 7.39. The number of aliphatic hydroxyl groups excluding tert-OH is 2. The molecule has 2 aromatic rings. The molecule has 2 aliphatic carbocycles. The van der Waals surface area contributed by atoms with E-state index in [0.29, 0.717) is 11.5 Å². The molecule has 2 N–H and O–H groups in total. The summed E-state index contributed by atoms with van der Waals surface area (Å²) in [4.78, 5) is 12.6. The quantitative estimate of drug-likeness (QED) is 0.799. The largest absolute Gasteiger partial charge is 0.448 e. The molecule has 0 bridgehead atoms. The summed E-state index contributed by atoms with van der Waals surface area (Å²) in [6.45, 7) is 0. The van der Waals surface area contributed by atoms with E-state index in [1.807, 2.05) is 36.4 Å². The Bertz CT molecular complexity index is 910. The highest BCUT2D eigenvalue weighted by atomic mass is 16.7. The maximum absolute atomic E-state index is 12.6. The van der Waals surface area contributed by atoms with Gasteiger partial charge in [0.25, 0.3) is 5.79 Å². The Morgan fingerprint density at radius 3 is 2.41 bits per heavy atom. The number of benzene rings is 2. The molecular weight excluding hydrogens is 348 g/mol. The number of allylic oxidation sites excluding steroid dienone is 1. The number of fused-ring (bicyclic) bond motifs is 2. The third-order valence-corrected chi connectivity index (χ3v) is 5.97. The molecule has 0 amide bonds. The van der Waals surface area contributed by atoms with E-state index >= 15 is 0 Å². The van der Waals surface area contributed by atoms with Gasteiger partial charge in [0, 0.05) is 19.6 Å². The molecule has 5 rings (SSSR count). The van der Waals surface area contributed by atoms with Gasteiger partial charge in [-0.2, -0.15) is 0 Å². The summed E-state index contributed by atoms with van der Waals surface area (Å²) in [5.74, 6) is -1.77. The van der Waals surface area contributed by atoms with Gasteiger partial charge in [-0.05, 0) is 23.6 Å². The molecule has 0 unspecified atom stereocenters. The van der Waals surface area contributed by atoms with Crippen molar-refractivity contribution in [1.29, 1.82) is 0 Å². The standard InChI is InChI=1S/C21H20O6/c1-25-16-10-13(23)20(24)19-18(16)12(22)8-9-21(19)26-14-6-2-4-11-5-3-7-15(27-21)17(11)14/h2-9,13,16,18-20,23-24H,10H2,1H3/t13-,16-,18-,19-,20-/m0/s1. The zero-order valence-corrected chi connectivity index (χ0v) is 14.7. The predicted molar refractivity (Wildman–Crippen MR) is 96.5 cm³/mol. The van der Waals surface area contributed by atoms with E-state index in [-0.39, 0.29) is 12.2 Å². The van der Waals surface area contributed by atoms with Gasteiger partial charge < -0.3 is 24.4 Å². The number of carbonyl (C=O) groups excluding carboxylic acids is 1. The Kier molecular flexibility index (Phi) is 3.59. The number of hydrogen-bond donors (Lipinski definition) is 2. The molecule has 1 saturated carbocycles. The van der Waals surface area contributed by atoms with Gasteiger partial charge in [-0.15, -0.1) is 0 Å². The van der Waals surface area contributed by atoms with E-state index in [9.17, 15) is 15.0 Å². The van der Waals surface area contributed by atoms with Gasteiger partial charge in [-0.3, -0.25) is 4.79 Å². The molecule has 0 saturated heterocycles. The fourth-order valence-electron chi connectivity index (χ4n) is 4.73. The number of methoxy groups -OCH3 is 1. The van der Waals surface area contributed by atoms with E-state index in [1.54, 1.807) is 6.08 Å². The van der Waals surface area contributed by atoms with Gasteiger partial charge in [-0.25, -0.2) is 0 Å². The fourth-order valence-corrected chi connectivity index (χ4v) is 4.73. The Labute approximate surface area is 156 Å². The minimum Gasteiger partial charge on any atom is -0.448 e. The van der Waals surface area contributed by atoms with E-state index < -0.39 is 35.9 Å². The van der Waals surface area contributed by atoms with Crippen LogP contribution in [0.3, 0.4) is 0 Å². The average molecular weight is 368 g/mol. The lowest BCUT2D eigenvalue weighted by Gasteiger charge is -2.51. The summed E-state index contributed by atoms with van der Waals surface area (Å²) in [6.07, 6.45) is 0.432. The number of aliphatic hydroxyl groups is 2. The number of hydrogen-bond acceptors (Lipinski definition) is 6. The normalized spacial score (nSPS) is 33.4. The van der Waals surface area contributed by atoms with Crippen LogP contribution in [0, 0.1) is 11.8 Å². The van der Waals surface area contributed by atoms with Gasteiger partial charge in [0.2, 0.25) is 0 Å². The molecule has 0 radical (unpaired) electrons. The predicted octanol–water partition coefficient (Wildman–Crippen LogP) is 1.82. The number of rotatable bonds is 1. The molecule has 3 aliphatic rings. The van der Waals surface area contributed by atoms with Crippen LogP contribution in [-0.2, 0) is 9.53 Å². The molecule has 2 aromatic carbocycles. The fraction of sp³-hybridized carbons (Fsp3) is 0.381.